The monoisotopic (exact) mass is 356 g/mol. The summed E-state index contributed by atoms with van der Waals surface area (Å²) in [6, 6.07) is 5.94. The molecule has 1 aliphatic rings. The van der Waals surface area contributed by atoms with E-state index in [2.05, 4.69) is 0 Å². The van der Waals surface area contributed by atoms with E-state index < -0.39 is 21.7 Å². The second-order valence-corrected chi connectivity index (χ2v) is 8.38. The lowest BCUT2D eigenvalue weighted by Gasteiger charge is -2.34. The first-order valence-electron chi connectivity index (χ1n) is 7.60. The Morgan fingerprint density at radius 3 is 2.25 bits per heavy atom. The molecule has 1 amide bonds. The van der Waals surface area contributed by atoms with Crippen LogP contribution in [0.1, 0.15) is 20.8 Å². The molecule has 1 heterocycles. The number of carbonyl (C=O) groups excluding carboxylic acids is 1. The van der Waals surface area contributed by atoms with Crippen LogP contribution in [-0.4, -0.2) is 55.5 Å². The van der Waals surface area contributed by atoms with E-state index in [1.807, 2.05) is 0 Å². The van der Waals surface area contributed by atoms with Gasteiger partial charge >= 0.3 is 6.09 Å². The topological polar surface area (TPSA) is 98.0 Å². The molecule has 132 valence electrons. The van der Waals surface area contributed by atoms with E-state index in [4.69, 9.17) is 4.74 Å². The van der Waals surface area contributed by atoms with Gasteiger partial charge in [-0.3, -0.25) is 0 Å². The van der Waals surface area contributed by atoms with Crippen LogP contribution in [0, 0.1) is 4.91 Å². The summed E-state index contributed by atoms with van der Waals surface area (Å²) in [5.74, 6) is 0. The van der Waals surface area contributed by atoms with E-state index in [1.165, 1.54) is 21.3 Å². The standard InChI is InChI=1S/C15H21N3O5S/c1-15(2,3)23-14(19)17-8-10-18(11-9-17)24(21,22)13-7-5-4-6-12(13)16-20/h4-7H,8-11H2,1-3H3/p+1. The number of para-hydroxylation sites is 1. The van der Waals surface area contributed by atoms with E-state index in [-0.39, 0.29) is 36.8 Å². The highest BCUT2D eigenvalue weighted by molar-refractivity contribution is 7.89. The number of hydrogen-bond donors (Lipinski definition) is 1. The zero-order valence-electron chi connectivity index (χ0n) is 14.0. The number of benzene rings is 1. The molecule has 0 aliphatic carbocycles. The van der Waals surface area contributed by atoms with Gasteiger partial charge in [-0.25, -0.2) is 13.2 Å². The Hall–Kier alpha value is -2.00. The van der Waals surface area contributed by atoms with Crippen molar-refractivity contribution in [1.82, 2.24) is 9.21 Å². The third-order valence-electron chi connectivity index (χ3n) is 3.51. The fraction of sp³-hybridized carbons (Fsp3) is 0.533. The molecule has 0 atom stereocenters. The number of nitroso groups, excluding NO2 is 1. The number of nitrogens with one attached hydrogen (secondary N) is 1. The molecule has 1 aromatic carbocycles. The van der Waals surface area contributed by atoms with Gasteiger partial charge in [0.25, 0.3) is 5.69 Å². The number of piperazine rings is 1. The normalized spacial score (nSPS) is 16.7. The van der Waals surface area contributed by atoms with Crippen molar-refractivity contribution in [2.75, 3.05) is 26.2 Å². The maximum Gasteiger partial charge on any atom is 0.410 e. The molecule has 1 aromatic rings. The number of carbonyl (C=O) groups is 1. The SMILES string of the molecule is CC(C)(C)OC(=O)N1CCN(S(=O)(=O)c2ccccc2[NH+]=O)CC1. The molecule has 1 N–H and O–H groups in total. The fourth-order valence-electron chi connectivity index (χ4n) is 2.35. The van der Waals surface area contributed by atoms with Crippen LogP contribution in [-0.2, 0) is 14.8 Å². The summed E-state index contributed by atoms with van der Waals surface area (Å²) >= 11 is 0. The third-order valence-corrected chi connectivity index (χ3v) is 5.46. The van der Waals surface area contributed by atoms with Crippen molar-refractivity contribution in [2.45, 2.75) is 31.3 Å². The first-order valence-corrected chi connectivity index (χ1v) is 9.04. The molecule has 1 fully saturated rings. The Morgan fingerprint density at radius 2 is 1.71 bits per heavy atom. The molecule has 9 heteroatoms. The number of rotatable bonds is 3. The van der Waals surface area contributed by atoms with Gasteiger partial charge in [0.2, 0.25) is 10.0 Å². The van der Waals surface area contributed by atoms with E-state index >= 15 is 0 Å². The molecule has 2 rings (SSSR count). The van der Waals surface area contributed by atoms with E-state index in [1.54, 1.807) is 38.1 Å². The molecule has 0 bridgehead atoms. The maximum absolute atomic E-state index is 12.7. The second kappa shape index (κ2) is 6.86. The highest BCUT2D eigenvalue weighted by atomic mass is 32.2. The molecule has 8 nitrogen and oxygen atoms in total. The van der Waals surface area contributed by atoms with Gasteiger partial charge in [-0.05, 0) is 26.8 Å². The molecule has 1 saturated heterocycles. The van der Waals surface area contributed by atoms with Crippen LogP contribution in [0.4, 0.5) is 10.5 Å². The van der Waals surface area contributed by atoms with Crippen molar-refractivity contribution < 1.29 is 23.1 Å². The van der Waals surface area contributed by atoms with Crippen LogP contribution in [0.5, 0.6) is 0 Å². The van der Waals surface area contributed by atoms with Gasteiger partial charge in [-0.2, -0.15) is 4.31 Å². The number of nitrogens with zero attached hydrogens (tertiary/aromatic N) is 2. The Labute approximate surface area is 141 Å². The van der Waals surface area contributed by atoms with Crippen LogP contribution in [0.3, 0.4) is 0 Å². The van der Waals surface area contributed by atoms with Crippen LogP contribution in [0.15, 0.2) is 29.2 Å². The lowest BCUT2D eigenvalue weighted by Crippen LogP contribution is -2.57. The largest absolute Gasteiger partial charge is 0.444 e. The lowest BCUT2D eigenvalue weighted by atomic mass is 10.2. The minimum Gasteiger partial charge on any atom is -0.444 e. The second-order valence-electron chi connectivity index (χ2n) is 6.47. The molecule has 24 heavy (non-hydrogen) atoms. The lowest BCUT2D eigenvalue weighted by molar-refractivity contribution is -0.382. The molecule has 0 aromatic heterocycles. The Kier molecular flexibility index (Phi) is 5.24. The van der Waals surface area contributed by atoms with Crippen molar-refractivity contribution in [1.29, 1.82) is 0 Å². The third kappa shape index (κ3) is 4.09. The van der Waals surface area contributed by atoms with Crippen molar-refractivity contribution in [2.24, 2.45) is 0 Å². The maximum atomic E-state index is 12.7. The molecule has 0 saturated carbocycles. The van der Waals surface area contributed by atoms with Gasteiger partial charge in [0, 0.05) is 42.3 Å². The van der Waals surface area contributed by atoms with Gasteiger partial charge in [-0.15, -0.1) is 0 Å². The molecular formula is C15H22N3O5S+. The molecule has 0 spiro atoms. The highest BCUT2D eigenvalue weighted by Crippen LogP contribution is 2.22. The summed E-state index contributed by atoms with van der Waals surface area (Å²) in [6.45, 7) is 6.10. The van der Waals surface area contributed by atoms with Crippen molar-refractivity contribution in [3.05, 3.63) is 29.2 Å². The molecular weight excluding hydrogens is 334 g/mol. The van der Waals surface area contributed by atoms with E-state index in [0.29, 0.717) is 0 Å². The van der Waals surface area contributed by atoms with Gasteiger partial charge < -0.3 is 9.64 Å². The first kappa shape index (κ1) is 18.3. The van der Waals surface area contributed by atoms with Gasteiger partial charge in [0.15, 0.2) is 4.90 Å². The Bertz CT molecular complexity index is 719. The van der Waals surface area contributed by atoms with Crippen molar-refractivity contribution in [3.8, 4) is 0 Å². The van der Waals surface area contributed by atoms with Crippen LogP contribution >= 0.6 is 0 Å². The summed E-state index contributed by atoms with van der Waals surface area (Å²) < 4.78 is 31.9. The fourth-order valence-corrected chi connectivity index (χ4v) is 3.91. The predicted octanol–water partition coefficient (Wildman–Crippen LogP) is 0.407. The minimum atomic E-state index is -3.80. The zero-order valence-corrected chi connectivity index (χ0v) is 14.8. The number of amides is 1. The van der Waals surface area contributed by atoms with Gasteiger partial charge in [-0.1, -0.05) is 12.1 Å². The van der Waals surface area contributed by atoms with Crippen molar-refractivity contribution >= 4 is 21.8 Å². The highest BCUT2D eigenvalue weighted by Gasteiger charge is 2.34. The molecule has 0 unspecified atom stereocenters. The predicted molar refractivity (Wildman–Crippen MR) is 87.0 cm³/mol. The Balaban J connectivity index is 2.09. The minimum absolute atomic E-state index is 0.00655. The van der Waals surface area contributed by atoms with E-state index in [0.717, 1.165) is 0 Å². The summed E-state index contributed by atoms with van der Waals surface area (Å²) in [7, 11) is -3.80. The number of sulfonamides is 1. The van der Waals surface area contributed by atoms with Gasteiger partial charge in [0.05, 0.1) is 0 Å². The van der Waals surface area contributed by atoms with Crippen LogP contribution in [0.2, 0.25) is 0 Å². The van der Waals surface area contributed by atoms with Crippen LogP contribution in [0.25, 0.3) is 0 Å². The number of hydrogen-bond acceptors (Lipinski definition) is 5. The zero-order chi connectivity index (χ0) is 18.0. The van der Waals surface area contributed by atoms with Crippen LogP contribution < -0.4 is 5.18 Å². The Morgan fingerprint density at radius 1 is 1.12 bits per heavy atom. The molecule has 0 radical (unpaired) electrons. The average Bonchev–Trinajstić information content (AvgIpc) is 2.53. The van der Waals surface area contributed by atoms with Gasteiger partial charge in [0.1, 0.15) is 5.60 Å². The average molecular weight is 356 g/mol. The summed E-state index contributed by atoms with van der Waals surface area (Å²) in [6.07, 6.45) is -0.457. The number of ether oxygens (including phenoxy) is 1. The smallest absolute Gasteiger partial charge is 0.410 e. The first-order chi connectivity index (χ1) is 11.1. The van der Waals surface area contributed by atoms with Crippen molar-refractivity contribution in [3.63, 3.8) is 0 Å². The summed E-state index contributed by atoms with van der Waals surface area (Å²) in [5, 5.41) is 1.65. The quantitative estimate of drug-likeness (QED) is 0.846. The van der Waals surface area contributed by atoms with E-state index in [9.17, 15) is 18.1 Å². The summed E-state index contributed by atoms with van der Waals surface area (Å²) in [5.41, 5.74) is -0.592. The summed E-state index contributed by atoms with van der Waals surface area (Å²) in [4.78, 5) is 24.4. The molecule has 1 aliphatic heterocycles.